The number of nitrogens with zero attached hydrogens (tertiary/aromatic N) is 2. The zero-order valence-electron chi connectivity index (χ0n) is 13.8. The normalized spacial score (nSPS) is 11.8. The molecule has 0 saturated heterocycles. The van der Waals surface area contributed by atoms with Crippen molar-refractivity contribution in [1.29, 1.82) is 0 Å². The molecule has 5 nitrogen and oxygen atoms in total. The van der Waals surface area contributed by atoms with Crippen LogP contribution < -0.4 is 10.6 Å². The number of carbonyl (C=O) groups excluding carboxylic acids is 1. The Morgan fingerprint density at radius 2 is 1.88 bits per heavy atom. The highest BCUT2D eigenvalue weighted by molar-refractivity contribution is 7.15. The fraction of sp³-hybridized carbons (Fsp3) is 0.167. The summed E-state index contributed by atoms with van der Waals surface area (Å²) in [7, 11) is 0. The third kappa shape index (κ3) is 4.35. The molecule has 0 aliphatic carbocycles. The third-order valence-electron chi connectivity index (χ3n) is 3.78. The van der Waals surface area contributed by atoms with Crippen molar-refractivity contribution >= 4 is 39.8 Å². The molecule has 0 aliphatic heterocycles. The zero-order chi connectivity index (χ0) is 17.8. The number of halogens is 1. The second kappa shape index (κ2) is 7.63. The smallest absolute Gasteiger partial charge is 0.307 e. The lowest BCUT2D eigenvalue weighted by molar-refractivity contribution is 0.262. The largest absolute Gasteiger partial charge is 0.325 e. The third-order valence-corrected chi connectivity index (χ3v) is 5.04. The van der Waals surface area contributed by atoms with E-state index in [4.69, 9.17) is 11.6 Å². The molecule has 1 unspecified atom stereocenters. The van der Waals surface area contributed by atoms with Gasteiger partial charge >= 0.3 is 6.03 Å². The first-order valence-electron chi connectivity index (χ1n) is 7.75. The average molecular weight is 373 g/mol. The van der Waals surface area contributed by atoms with E-state index in [1.807, 2.05) is 43.3 Å². The molecule has 2 amide bonds. The van der Waals surface area contributed by atoms with Gasteiger partial charge in [-0.05, 0) is 30.2 Å². The van der Waals surface area contributed by atoms with Crippen LogP contribution in [0.3, 0.4) is 0 Å². The highest BCUT2D eigenvalue weighted by atomic mass is 35.5. The number of aromatic nitrogens is 2. The quantitative estimate of drug-likeness (QED) is 0.653. The molecule has 25 heavy (non-hydrogen) atoms. The van der Waals surface area contributed by atoms with Crippen LogP contribution in [0.2, 0.25) is 5.02 Å². The molecular formula is C18H17ClN4OS. The molecule has 2 N–H and O–H groups in total. The summed E-state index contributed by atoms with van der Waals surface area (Å²) in [6, 6.07) is 15.0. The topological polar surface area (TPSA) is 66.9 Å². The molecule has 0 radical (unpaired) electrons. The standard InChI is InChI=1S/C18H17ClN4OS/c1-11-8-9-14(19)10-15(11)20-17(24)21-18-23-22-16(25-18)12(2)13-6-4-3-5-7-13/h3-10,12H,1-2H3,(H2,20,21,23,24). The molecule has 0 spiro atoms. The van der Waals surface area contributed by atoms with Crippen LogP contribution >= 0.6 is 22.9 Å². The number of aryl methyl sites for hydroxylation is 1. The van der Waals surface area contributed by atoms with Gasteiger partial charge in [-0.3, -0.25) is 5.32 Å². The molecule has 0 fully saturated rings. The van der Waals surface area contributed by atoms with Crippen molar-refractivity contribution in [2.45, 2.75) is 19.8 Å². The second-order valence-electron chi connectivity index (χ2n) is 5.62. The highest BCUT2D eigenvalue weighted by Crippen LogP contribution is 2.28. The summed E-state index contributed by atoms with van der Waals surface area (Å²) >= 11 is 7.33. The predicted molar refractivity (Wildman–Crippen MR) is 103 cm³/mol. The van der Waals surface area contributed by atoms with Gasteiger partial charge in [-0.1, -0.05) is 66.3 Å². The van der Waals surface area contributed by atoms with Crippen LogP contribution in [0.1, 0.15) is 29.0 Å². The van der Waals surface area contributed by atoms with E-state index < -0.39 is 0 Å². The van der Waals surface area contributed by atoms with Gasteiger partial charge in [0.25, 0.3) is 0 Å². The minimum absolute atomic E-state index is 0.118. The Bertz CT molecular complexity index is 882. The van der Waals surface area contributed by atoms with E-state index in [9.17, 15) is 4.79 Å². The van der Waals surface area contributed by atoms with E-state index in [0.717, 1.165) is 16.1 Å². The minimum atomic E-state index is -0.375. The van der Waals surface area contributed by atoms with Crippen LogP contribution in [-0.4, -0.2) is 16.2 Å². The maximum Gasteiger partial charge on any atom is 0.325 e. The Hall–Kier alpha value is -2.44. The molecule has 1 atom stereocenters. The number of carbonyl (C=O) groups is 1. The number of anilines is 2. The molecule has 0 saturated carbocycles. The van der Waals surface area contributed by atoms with Crippen molar-refractivity contribution in [2.75, 3.05) is 10.6 Å². The van der Waals surface area contributed by atoms with E-state index in [1.165, 1.54) is 11.3 Å². The fourth-order valence-electron chi connectivity index (χ4n) is 2.32. The van der Waals surface area contributed by atoms with Crippen molar-refractivity contribution in [3.8, 4) is 0 Å². The number of hydrogen-bond acceptors (Lipinski definition) is 4. The average Bonchev–Trinajstić information content (AvgIpc) is 3.06. The predicted octanol–water partition coefficient (Wildman–Crippen LogP) is 5.30. The maximum atomic E-state index is 12.2. The van der Waals surface area contributed by atoms with Crippen molar-refractivity contribution in [3.05, 3.63) is 69.7 Å². The van der Waals surface area contributed by atoms with Crippen LogP contribution in [0.4, 0.5) is 15.6 Å². The first kappa shape index (κ1) is 17.4. The summed E-state index contributed by atoms with van der Waals surface area (Å²) in [6.45, 7) is 3.96. The summed E-state index contributed by atoms with van der Waals surface area (Å²) in [6.07, 6.45) is 0. The van der Waals surface area contributed by atoms with Gasteiger partial charge < -0.3 is 5.32 Å². The van der Waals surface area contributed by atoms with Crippen molar-refractivity contribution < 1.29 is 4.79 Å². The van der Waals surface area contributed by atoms with Gasteiger partial charge in [0.05, 0.1) is 0 Å². The molecule has 3 aromatic rings. The monoisotopic (exact) mass is 372 g/mol. The minimum Gasteiger partial charge on any atom is -0.307 e. The van der Waals surface area contributed by atoms with Crippen molar-refractivity contribution in [1.82, 2.24) is 10.2 Å². The number of urea groups is 1. The molecule has 3 rings (SSSR count). The lowest BCUT2D eigenvalue weighted by Crippen LogP contribution is -2.19. The highest BCUT2D eigenvalue weighted by Gasteiger charge is 2.15. The number of amides is 2. The van der Waals surface area contributed by atoms with E-state index in [2.05, 4.69) is 27.8 Å². The number of rotatable bonds is 4. The van der Waals surface area contributed by atoms with Crippen LogP contribution in [-0.2, 0) is 0 Å². The Labute approximate surface area is 155 Å². The second-order valence-corrected chi connectivity index (χ2v) is 7.06. The van der Waals surface area contributed by atoms with E-state index in [1.54, 1.807) is 12.1 Å². The molecule has 128 valence electrons. The number of benzene rings is 2. The summed E-state index contributed by atoms with van der Waals surface area (Å²) in [4.78, 5) is 12.2. The van der Waals surface area contributed by atoms with E-state index in [-0.39, 0.29) is 11.9 Å². The van der Waals surface area contributed by atoms with Gasteiger partial charge in [0.1, 0.15) is 5.01 Å². The molecule has 1 aromatic heterocycles. The summed E-state index contributed by atoms with van der Waals surface area (Å²) in [5.74, 6) is 0.118. The van der Waals surface area contributed by atoms with Gasteiger partial charge in [0.2, 0.25) is 5.13 Å². The summed E-state index contributed by atoms with van der Waals surface area (Å²) in [5, 5.41) is 15.6. The van der Waals surface area contributed by atoms with Crippen molar-refractivity contribution in [3.63, 3.8) is 0 Å². The lowest BCUT2D eigenvalue weighted by Gasteiger charge is -2.08. The first-order chi connectivity index (χ1) is 12.0. The van der Waals surface area contributed by atoms with E-state index in [0.29, 0.717) is 15.8 Å². The van der Waals surface area contributed by atoms with Crippen LogP contribution in [0.5, 0.6) is 0 Å². The lowest BCUT2D eigenvalue weighted by atomic mass is 10.0. The number of hydrogen-bond donors (Lipinski definition) is 2. The van der Waals surface area contributed by atoms with Gasteiger partial charge in [-0.15, -0.1) is 10.2 Å². The fourth-order valence-corrected chi connectivity index (χ4v) is 3.31. The molecular weight excluding hydrogens is 356 g/mol. The van der Waals surface area contributed by atoms with Gasteiger partial charge in [-0.25, -0.2) is 4.79 Å². The van der Waals surface area contributed by atoms with Gasteiger partial charge in [0.15, 0.2) is 0 Å². The summed E-state index contributed by atoms with van der Waals surface area (Å²) < 4.78 is 0. The summed E-state index contributed by atoms with van der Waals surface area (Å²) in [5.41, 5.74) is 2.74. The number of nitrogens with one attached hydrogen (secondary N) is 2. The SMILES string of the molecule is Cc1ccc(Cl)cc1NC(=O)Nc1nnc(C(C)c2ccccc2)s1. The molecule has 0 aliphatic rings. The Morgan fingerprint density at radius 1 is 1.12 bits per heavy atom. The van der Waals surface area contributed by atoms with Crippen LogP contribution in [0.15, 0.2) is 48.5 Å². The zero-order valence-corrected chi connectivity index (χ0v) is 15.4. The van der Waals surface area contributed by atoms with Crippen molar-refractivity contribution in [2.24, 2.45) is 0 Å². The molecule has 7 heteroatoms. The van der Waals surface area contributed by atoms with E-state index >= 15 is 0 Å². The van der Waals surface area contributed by atoms with Gasteiger partial charge in [-0.2, -0.15) is 0 Å². The molecule has 1 heterocycles. The molecule has 0 bridgehead atoms. The van der Waals surface area contributed by atoms with Crippen LogP contribution in [0.25, 0.3) is 0 Å². The van der Waals surface area contributed by atoms with Crippen LogP contribution in [0, 0.1) is 6.92 Å². The Balaban J connectivity index is 1.67. The maximum absolute atomic E-state index is 12.2. The van der Waals surface area contributed by atoms with Gasteiger partial charge in [0, 0.05) is 16.6 Å². The Kier molecular flexibility index (Phi) is 5.31. The Morgan fingerprint density at radius 3 is 2.64 bits per heavy atom. The first-order valence-corrected chi connectivity index (χ1v) is 8.95. The molecule has 2 aromatic carbocycles.